The standard InChI is InChI=1S/C21H22N4O3S/c1-24(2)15-10-8-13(12-16(15)25(27)28)9-11-18-22-20(26)19-14-6-4-3-5-7-17(14)29-21(19)23-18/h8-12H,3-7H2,1-2H3,(H,22,23,26)/b11-9+. The molecule has 2 aromatic heterocycles. The molecule has 0 fully saturated rings. The highest BCUT2D eigenvalue weighted by atomic mass is 32.1. The van der Waals surface area contributed by atoms with Gasteiger partial charge in [0.05, 0.1) is 10.3 Å². The Balaban J connectivity index is 1.69. The number of nitrogens with zero attached hydrogens (tertiary/aromatic N) is 3. The lowest BCUT2D eigenvalue weighted by Crippen LogP contribution is -2.11. The van der Waals surface area contributed by atoms with E-state index < -0.39 is 4.92 Å². The summed E-state index contributed by atoms with van der Waals surface area (Å²) in [7, 11) is 3.54. The summed E-state index contributed by atoms with van der Waals surface area (Å²) in [6.07, 6.45) is 8.86. The van der Waals surface area contributed by atoms with Gasteiger partial charge in [0.1, 0.15) is 16.3 Å². The summed E-state index contributed by atoms with van der Waals surface area (Å²) in [5.41, 5.74) is 2.31. The molecular formula is C21H22N4O3S. The highest BCUT2D eigenvalue weighted by molar-refractivity contribution is 7.18. The number of aromatic amines is 1. The van der Waals surface area contributed by atoms with Gasteiger partial charge in [0.15, 0.2) is 0 Å². The van der Waals surface area contributed by atoms with Crippen LogP contribution >= 0.6 is 11.3 Å². The third-order valence-corrected chi connectivity index (χ3v) is 6.39. The van der Waals surface area contributed by atoms with E-state index in [2.05, 4.69) is 9.97 Å². The molecule has 0 spiro atoms. The summed E-state index contributed by atoms with van der Waals surface area (Å²) in [5, 5.41) is 12.1. The van der Waals surface area contributed by atoms with Crippen molar-refractivity contribution in [3.63, 3.8) is 0 Å². The second kappa shape index (κ2) is 7.79. The molecule has 0 saturated carbocycles. The maximum absolute atomic E-state index is 12.7. The number of thiophene rings is 1. The Hall–Kier alpha value is -3.00. The fraction of sp³-hybridized carbons (Fsp3) is 0.333. The van der Waals surface area contributed by atoms with Crippen LogP contribution in [0.3, 0.4) is 0 Å². The van der Waals surface area contributed by atoms with Crippen molar-refractivity contribution in [3.8, 4) is 0 Å². The molecule has 150 valence electrons. The van der Waals surface area contributed by atoms with Crippen LogP contribution in [0.25, 0.3) is 22.4 Å². The van der Waals surface area contributed by atoms with Gasteiger partial charge in [-0.25, -0.2) is 4.98 Å². The molecule has 29 heavy (non-hydrogen) atoms. The van der Waals surface area contributed by atoms with Gasteiger partial charge in [-0.15, -0.1) is 11.3 Å². The van der Waals surface area contributed by atoms with Crippen molar-refractivity contribution < 1.29 is 4.92 Å². The van der Waals surface area contributed by atoms with E-state index >= 15 is 0 Å². The second-order valence-corrected chi connectivity index (χ2v) is 8.51. The van der Waals surface area contributed by atoms with Crippen LogP contribution in [-0.2, 0) is 12.8 Å². The fourth-order valence-corrected chi connectivity index (χ4v) is 5.05. The number of benzene rings is 1. The zero-order chi connectivity index (χ0) is 20.5. The van der Waals surface area contributed by atoms with Gasteiger partial charge in [-0.2, -0.15) is 0 Å². The lowest BCUT2D eigenvalue weighted by atomic mass is 10.1. The maximum atomic E-state index is 12.7. The molecule has 0 unspecified atom stereocenters. The first-order valence-electron chi connectivity index (χ1n) is 9.62. The molecule has 0 aliphatic heterocycles. The average molecular weight is 410 g/mol. The summed E-state index contributed by atoms with van der Waals surface area (Å²) in [6, 6.07) is 5.05. The Morgan fingerprint density at radius 2 is 2.00 bits per heavy atom. The number of anilines is 1. The van der Waals surface area contributed by atoms with E-state index in [-0.39, 0.29) is 11.2 Å². The first-order valence-corrected chi connectivity index (χ1v) is 10.4. The van der Waals surface area contributed by atoms with Gasteiger partial charge in [-0.05, 0) is 49.0 Å². The predicted molar refractivity (Wildman–Crippen MR) is 118 cm³/mol. The first kappa shape index (κ1) is 19.3. The lowest BCUT2D eigenvalue weighted by Gasteiger charge is -2.12. The normalized spacial score (nSPS) is 14.1. The molecular weight excluding hydrogens is 388 g/mol. The van der Waals surface area contributed by atoms with Gasteiger partial charge in [0, 0.05) is 25.0 Å². The van der Waals surface area contributed by atoms with E-state index in [1.807, 2.05) is 6.07 Å². The summed E-state index contributed by atoms with van der Waals surface area (Å²) in [6.45, 7) is 0. The summed E-state index contributed by atoms with van der Waals surface area (Å²) in [5.74, 6) is 0.457. The minimum absolute atomic E-state index is 0.0380. The molecule has 7 nitrogen and oxygen atoms in total. The van der Waals surface area contributed by atoms with Crippen molar-refractivity contribution in [1.82, 2.24) is 9.97 Å². The smallest absolute Gasteiger partial charge is 0.293 e. The molecule has 1 aliphatic rings. The largest absolute Gasteiger partial charge is 0.372 e. The molecule has 8 heteroatoms. The van der Waals surface area contributed by atoms with Gasteiger partial charge in [-0.3, -0.25) is 14.9 Å². The minimum Gasteiger partial charge on any atom is -0.372 e. The van der Waals surface area contributed by atoms with Crippen molar-refractivity contribution in [1.29, 1.82) is 0 Å². The van der Waals surface area contributed by atoms with Crippen LogP contribution in [0.4, 0.5) is 11.4 Å². The van der Waals surface area contributed by atoms with Crippen LogP contribution in [0, 0.1) is 10.1 Å². The maximum Gasteiger partial charge on any atom is 0.293 e. The third-order valence-electron chi connectivity index (χ3n) is 5.21. The molecule has 0 bridgehead atoms. The quantitative estimate of drug-likeness (QED) is 0.391. The van der Waals surface area contributed by atoms with Crippen molar-refractivity contribution >= 4 is 45.1 Å². The van der Waals surface area contributed by atoms with E-state index in [1.165, 1.54) is 22.9 Å². The number of rotatable bonds is 4. The molecule has 1 aromatic carbocycles. The summed E-state index contributed by atoms with van der Waals surface area (Å²) in [4.78, 5) is 34.9. The molecule has 0 radical (unpaired) electrons. The molecule has 0 saturated heterocycles. The summed E-state index contributed by atoms with van der Waals surface area (Å²) >= 11 is 1.61. The Morgan fingerprint density at radius 3 is 2.76 bits per heavy atom. The van der Waals surface area contributed by atoms with Crippen LogP contribution in [0.2, 0.25) is 0 Å². The monoisotopic (exact) mass is 410 g/mol. The summed E-state index contributed by atoms with van der Waals surface area (Å²) < 4.78 is 0. The van der Waals surface area contributed by atoms with Crippen molar-refractivity contribution in [2.24, 2.45) is 0 Å². The van der Waals surface area contributed by atoms with E-state index in [9.17, 15) is 14.9 Å². The molecule has 0 atom stereocenters. The number of aromatic nitrogens is 2. The molecule has 4 rings (SSSR count). The topological polar surface area (TPSA) is 92.1 Å². The number of nitrogens with one attached hydrogen (secondary N) is 1. The number of H-pyrrole nitrogens is 1. The first-order chi connectivity index (χ1) is 13.9. The Morgan fingerprint density at radius 1 is 1.21 bits per heavy atom. The Kier molecular flexibility index (Phi) is 5.19. The minimum atomic E-state index is -0.391. The Bertz CT molecular complexity index is 1180. The van der Waals surface area contributed by atoms with Crippen LogP contribution in [-0.4, -0.2) is 29.0 Å². The zero-order valence-electron chi connectivity index (χ0n) is 16.4. The number of nitro groups is 1. The zero-order valence-corrected chi connectivity index (χ0v) is 17.2. The van der Waals surface area contributed by atoms with Gasteiger partial charge in [0.2, 0.25) is 0 Å². The molecule has 0 amide bonds. The number of aryl methyl sites for hydroxylation is 2. The van der Waals surface area contributed by atoms with Crippen LogP contribution < -0.4 is 10.5 Å². The highest BCUT2D eigenvalue weighted by Crippen LogP contribution is 2.33. The molecule has 1 aliphatic carbocycles. The Labute approximate surface area is 171 Å². The predicted octanol–water partition coefficient (Wildman–Crippen LogP) is 4.40. The number of hydrogen-bond donors (Lipinski definition) is 1. The highest BCUT2D eigenvalue weighted by Gasteiger charge is 2.19. The molecule has 2 heterocycles. The van der Waals surface area contributed by atoms with E-state index in [4.69, 9.17) is 0 Å². The lowest BCUT2D eigenvalue weighted by molar-refractivity contribution is -0.384. The van der Waals surface area contributed by atoms with Crippen LogP contribution in [0.15, 0.2) is 23.0 Å². The third kappa shape index (κ3) is 3.80. The SMILES string of the molecule is CN(C)c1ccc(/C=C/c2nc3sc4c(c3c(=O)[nH]2)CCCCC4)cc1[N+](=O)[O-]. The van der Waals surface area contributed by atoms with Gasteiger partial charge in [0.25, 0.3) is 11.2 Å². The molecule has 3 aromatic rings. The number of hydrogen-bond acceptors (Lipinski definition) is 6. The number of fused-ring (bicyclic) bond motifs is 3. The van der Waals surface area contributed by atoms with Crippen molar-refractivity contribution in [2.75, 3.05) is 19.0 Å². The van der Waals surface area contributed by atoms with Gasteiger partial charge < -0.3 is 9.88 Å². The second-order valence-electron chi connectivity index (χ2n) is 7.43. The van der Waals surface area contributed by atoms with Gasteiger partial charge >= 0.3 is 0 Å². The molecule has 1 N–H and O–H groups in total. The van der Waals surface area contributed by atoms with Crippen LogP contribution in [0.1, 0.15) is 41.1 Å². The average Bonchev–Trinajstić information content (AvgIpc) is 2.88. The van der Waals surface area contributed by atoms with E-state index in [0.29, 0.717) is 17.1 Å². The van der Waals surface area contributed by atoms with Crippen molar-refractivity contribution in [3.05, 3.63) is 60.5 Å². The van der Waals surface area contributed by atoms with E-state index in [0.717, 1.165) is 35.9 Å². The number of nitro benzene ring substituents is 1. The van der Waals surface area contributed by atoms with E-state index in [1.54, 1.807) is 48.6 Å². The fourth-order valence-electron chi connectivity index (χ4n) is 3.78. The van der Waals surface area contributed by atoms with Crippen molar-refractivity contribution in [2.45, 2.75) is 32.1 Å². The van der Waals surface area contributed by atoms with Crippen LogP contribution in [0.5, 0.6) is 0 Å². The van der Waals surface area contributed by atoms with Gasteiger partial charge in [-0.1, -0.05) is 18.6 Å².